The van der Waals surface area contributed by atoms with Crippen molar-refractivity contribution >= 4 is 33.7 Å². The van der Waals surface area contributed by atoms with E-state index in [0.29, 0.717) is 18.8 Å². The first-order chi connectivity index (χ1) is 17.8. The number of aliphatic hydroxyl groups is 1. The molecule has 2 aliphatic rings. The molecule has 37 heavy (non-hydrogen) atoms. The van der Waals surface area contributed by atoms with Crippen LogP contribution in [0.5, 0.6) is 5.75 Å². The van der Waals surface area contributed by atoms with E-state index in [1.54, 1.807) is 0 Å². The molecule has 2 heterocycles. The first-order valence-corrected chi connectivity index (χ1v) is 12.7. The molecule has 0 radical (unpaired) electrons. The average Bonchev–Trinajstić information content (AvgIpc) is 3.40. The lowest BCUT2D eigenvalue weighted by atomic mass is 9.80. The van der Waals surface area contributed by atoms with Crippen LogP contribution in [0.1, 0.15) is 47.8 Å². The first kappa shape index (κ1) is 23.6. The Hall–Kier alpha value is -3.84. The Morgan fingerprint density at radius 1 is 1.08 bits per heavy atom. The maximum atomic E-state index is 13.2. The predicted octanol–water partition coefficient (Wildman–Crippen LogP) is 4.52. The number of rotatable bonds is 5. The Balaban J connectivity index is 1.50. The number of aromatic nitrogens is 1. The molecule has 0 fully saturated rings. The van der Waals surface area contributed by atoms with Gasteiger partial charge < -0.3 is 24.5 Å². The van der Waals surface area contributed by atoms with Crippen molar-refractivity contribution in [3.63, 3.8) is 0 Å². The van der Waals surface area contributed by atoms with Crippen LogP contribution in [0.15, 0.2) is 42.5 Å². The highest BCUT2D eigenvalue weighted by atomic mass is 16.6. The fraction of sp³-hybridized carbons (Fsp3) is 0.333. The van der Waals surface area contributed by atoms with Gasteiger partial charge >= 0.3 is 5.97 Å². The maximum Gasteiger partial charge on any atom is 0.344 e. The van der Waals surface area contributed by atoms with Gasteiger partial charge in [-0.25, -0.2) is 4.79 Å². The van der Waals surface area contributed by atoms with Crippen LogP contribution in [0.4, 0.5) is 0 Å². The molecule has 0 saturated carbocycles. The number of hydrogen-bond acceptors (Lipinski definition) is 5. The van der Waals surface area contributed by atoms with Gasteiger partial charge in [-0.2, -0.15) is 0 Å². The number of amides is 1. The lowest BCUT2D eigenvalue weighted by molar-refractivity contribution is -0.157. The largest absolute Gasteiger partial charge is 0.482 e. The zero-order valence-corrected chi connectivity index (χ0v) is 21.3. The highest BCUT2D eigenvalue weighted by molar-refractivity contribution is 6.19. The number of nitrogens with one attached hydrogen (secondary N) is 1. The van der Waals surface area contributed by atoms with Crippen LogP contribution >= 0.6 is 0 Å². The van der Waals surface area contributed by atoms with Crippen molar-refractivity contribution in [3.8, 4) is 16.9 Å². The summed E-state index contributed by atoms with van der Waals surface area (Å²) in [6.07, 6.45) is 1.54. The van der Waals surface area contributed by atoms with E-state index >= 15 is 0 Å². The molecule has 0 bridgehead atoms. The number of nitrogens with zero attached hydrogens (tertiary/aromatic N) is 1. The highest BCUT2D eigenvalue weighted by Crippen LogP contribution is 2.47. The number of para-hydroxylation sites is 1. The van der Waals surface area contributed by atoms with Gasteiger partial charge in [0, 0.05) is 34.9 Å². The Bertz CT molecular complexity index is 1590. The first-order valence-electron chi connectivity index (χ1n) is 12.7. The van der Waals surface area contributed by atoms with Crippen molar-refractivity contribution < 1.29 is 24.2 Å². The second-order valence-corrected chi connectivity index (χ2v) is 10.7. The van der Waals surface area contributed by atoms with Crippen molar-refractivity contribution in [1.82, 2.24) is 9.88 Å². The zero-order chi connectivity index (χ0) is 25.9. The third-order valence-electron chi connectivity index (χ3n) is 7.16. The number of aliphatic hydroxyl groups excluding tert-OH is 1. The number of aryl methyl sites for hydroxylation is 2. The second kappa shape index (κ2) is 8.63. The van der Waals surface area contributed by atoms with Gasteiger partial charge in [-0.15, -0.1) is 0 Å². The lowest BCUT2D eigenvalue weighted by Crippen LogP contribution is -2.27. The third kappa shape index (κ3) is 3.85. The van der Waals surface area contributed by atoms with Crippen molar-refractivity contribution in [1.29, 1.82) is 0 Å². The van der Waals surface area contributed by atoms with Gasteiger partial charge in [0.05, 0.1) is 17.7 Å². The molecule has 1 aliphatic heterocycles. The Labute approximate surface area is 215 Å². The van der Waals surface area contributed by atoms with Crippen LogP contribution in [-0.2, 0) is 35.5 Å². The van der Waals surface area contributed by atoms with E-state index in [-0.39, 0.29) is 19.1 Å². The van der Waals surface area contributed by atoms with E-state index in [1.165, 1.54) is 0 Å². The van der Waals surface area contributed by atoms with Crippen LogP contribution < -0.4 is 10.1 Å². The van der Waals surface area contributed by atoms with Crippen LogP contribution in [0.25, 0.3) is 32.9 Å². The molecule has 1 amide bonds. The van der Waals surface area contributed by atoms with Crippen LogP contribution in [0.2, 0.25) is 0 Å². The Kier molecular flexibility index (Phi) is 5.49. The molecule has 190 valence electrons. The normalized spacial score (nSPS) is 14.3. The number of benzene rings is 3. The second-order valence-electron chi connectivity index (χ2n) is 10.7. The summed E-state index contributed by atoms with van der Waals surface area (Å²) in [6.45, 7) is 6.32. The number of carbonyl (C=O) groups is 2. The minimum atomic E-state index is -0.565. The molecule has 1 aliphatic carbocycles. The Morgan fingerprint density at radius 2 is 1.89 bits per heavy atom. The zero-order valence-electron chi connectivity index (χ0n) is 21.3. The van der Waals surface area contributed by atoms with Gasteiger partial charge in [-0.05, 0) is 74.1 Å². The summed E-state index contributed by atoms with van der Waals surface area (Å²) >= 11 is 0. The number of esters is 1. The molecule has 1 aromatic heterocycles. The fourth-order valence-corrected chi connectivity index (χ4v) is 5.91. The van der Waals surface area contributed by atoms with Gasteiger partial charge in [0.2, 0.25) is 0 Å². The molecule has 2 N–H and O–H groups in total. The predicted molar refractivity (Wildman–Crippen MR) is 142 cm³/mol. The fourth-order valence-electron chi connectivity index (χ4n) is 5.91. The van der Waals surface area contributed by atoms with Crippen LogP contribution in [0.3, 0.4) is 0 Å². The molecule has 3 aromatic carbocycles. The third-order valence-corrected chi connectivity index (χ3v) is 7.16. The summed E-state index contributed by atoms with van der Waals surface area (Å²) in [5.74, 6) is 0.138. The summed E-state index contributed by atoms with van der Waals surface area (Å²) in [6, 6.07) is 14.0. The van der Waals surface area contributed by atoms with Gasteiger partial charge in [0.1, 0.15) is 11.4 Å². The highest BCUT2D eigenvalue weighted by Gasteiger charge is 2.34. The quantitative estimate of drug-likeness (QED) is 0.395. The summed E-state index contributed by atoms with van der Waals surface area (Å²) in [4.78, 5) is 25.3. The molecule has 0 saturated heterocycles. The van der Waals surface area contributed by atoms with Crippen LogP contribution in [-0.4, -0.2) is 40.4 Å². The van der Waals surface area contributed by atoms with Gasteiger partial charge in [0.15, 0.2) is 6.61 Å². The standard InChI is InChI=1S/C30H30N2O5/c1-30(2,3)37-24(34)16-36-18-9-11-19-17(14-18)8-10-21-25(19)27-22(15-31-29(27)35)26-20-6-4-5-7-23(20)32(12-13-33)28(21)26/h4-7,9,11,14,33H,8,10,12-13,15-16H2,1-3H3,(H,31,35). The van der Waals surface area contributed by atoms with Gasteiger partial charge in [-0.1, -0.05) is 24.3 Å². The molecule has 4 aromatic rings. The van der Waals surface area contributed by atoms with E-state index in [0.717, 1.165) is 68.0 Å². The minimum Gasteiger partial charge on any atom is -0.482 e. The molecule has 7 nitrogen and oxygen atoms in total. The smallest absolute Gasteiger partial charge is 0.344 e. The SMILES string of the molecule is CC(C)(C)OC(=O)COc1ccc2c(c1)CCc1c-2c2c(c3c4ccccc4n(CCO)c13)CNC2=O. The van der Waals surface area contributed by atoms with E-state index in [9.17, 15) is 14.7 Å². The summed E-state index contributed by atoms with van der Waals surface area (Å²) in [7, 11) is 0. The molecule has 7 heteroatoms. The Morgan fingerprint density at radius 3 is 2.68 bits per heavy atom. The minimum absolute atomic E-state index is 0.0335. The number of ether oxygens (including phenoxy) is 2. The van der Waals surface area contributed by atoms with Crippen LogP contribution in [0, 0.1) is 0 Å². The molecule has 0 spiro atoms. The van der Waals surface area contributed by atoms with E-state index < -0.39 is 11.6 Å². The van der Waals surface area contributed by atoms with Gasteiger partial charge in [-0.3, -0.25) is 4.79 Å². The van der Waals surface area contributed by atoms with Crippen molar-refractivity contribution in [3.05, 3.63) is 64.7 Å². The molecule has 0 atom stereocenters. The number of fused-ring (bicyclic) bond motifs is 10. The number of hydrogen-bond donors (Lipinski definition) is 2. The summed E-state index contributed by atoms with van der Waals surface area (Å²) < 4.78 is 13.3. The molecular formula is C30H30N2O5. The summed E-state index contributed by atoms with van der Waals surface area (Å²) in [5.41, 5.74) is 7.59. The molecular weight excluding hydrogens is 468 g/mol. The van der Waals surface area contributed by atoms with E-state index in [2.05, 4.69) is 22.0 Å². The maximum absolute atomic E-state index is 13.2. The van der Waals surface area contributed by atoms with E-state index in [4.69, 9.17) is 9.47 Å². The molecule has 0 unspecified atom stereocenters. The van der Waals surface area contributed by atoms with Crippen molar-refractivity contribution in [2.24, 2.45) is 0 Å². The topological polar surface area (TPSA) is 89.8 Å². The van der Waals surface area contributed by atoms with Gasteiger partial charge in [0.25, 0.3) is 5.91 Å². The van der Waals surface area contributed by atoms with Crippen molar-refractivity contribution in [2.75, 3.05) is 13.2 Å². The monoisotopic (exact) mass is 498 g/mol. The number of carbonyl (C=O) groups excluding carboxylic acids is 2. The van der Waals surface area contributed by atoms with E-state index in [1.807, 2.05) is 51.1 Å². The summed E-state index contributed by atoms with van der Waals surface area (Å²) in [5, 5.41) is 15.2. The lowest BCUT2D eigenvalue weighted by Gasteiger charge is -2.25. The average molecular weight is 499 g/mol. The molecule has 6 rings (SSSR count). The van der Waals surface area contributed by atoms with Crippen molar-refractivity contribution in [2.45, 2.75) is 52.3 Å².